The quantitative estimate of drug-likeness (QED) is 0.822. The number of rotatable bonds is 6. The summed E-state index contributed by atoms with van der Waals surface area (Å²) in [6.07, 6.45) is 0.446. The van der Waals surface area contributed by atoms with Crippen molar-refractivity contribution >= 4 is 15.9 Å². The van der Waals surface area contributed by atoms with Gasteiger partial charge in [-0.3, -0.25) is 4.79 Å². The van der Waals surface area contributed by atoms with Gasteiger partial charge in [-0.15, -0.1) is 0 Å². The van der Waals surface area contributed by atoms with E-state index in [9.17, 15) is 13.2 Å². The summed E-state index contributed by atoms with van der Waals surface area (Å²) < 4.78 is 32.5. The average molecular weight is 360 g/mol. The molecule has 1 aliphatic heterocycles. The van der Waals surface area contributed by atoms with Crippen LogP contribution in [0.5, 0.6) is 5.75 Å². The zero-order valence-electron chi connectivity index (χ0n) is 13.9. The molecular weight excluding hydrogens is 340 g/mol. The zero-order chi connectivity index (χ0) is 17.9. The molecule has 0 saturated carbocycles. The van der Waals surface area contributed by atoms with Crippen LogP contribution in [-0.2, 0) is 21.4 Å². The Hall–Kier alpha value is -2.38. The number of sulfonamides is 1. The molecule has 2 N–H and O–H groups in total. The van der Waals surface area contributed by atoms with E-state index in [-0.39, 0.29) is 23.3 Å². The lowest BCUT2D eigenvalue weighted by Crippen LogP contribution is -2.23. The zero-order valence-corrected chi connectivity index (χ0v) is 14.7. The molecule has 1 aliphatic rings. The molecule has 1 saturated heterocycles. The second-order valence-corrected chi connectivity index (χ2v) is 7.71. The van der Waals surface area contributed by atoms with Gasteiger partial charge in [-0.1, -0.05) is 24.3 Å². The van der Waals surface area contributed by atoms with Gasteiger partial charge < -0.3 is 10.1 Å². The van der Waals surface area contributed by atoms with E-state index in [1.807, 2.05) is 12.1 Å². The molecule has 25 heavy (non-hydrogen) atoms. The van der Waals surface area contributed by atoms with Gasteiger partial charge in [-0.2, -0.15) is 0 Å². The van der Waals surface area contributed by atoms with Crippen LogP contribution in [0.4, 0.5) is 0 Å². The first-order valence-corrected chi connectivity index (χ1v) is 9.45. The van der Waals surface area contributed by atoms with Crippen LogP contribution < -0.4 is 14.8 Å². The maximum absolute atomic E-state index is 12.4. The second-order valence-electron chi connectivity index (χ2n) is 5.95. The minimum absolute atomic E-state index is 0.0304. The molecule has 0 bridgehead atoms. The van der Waals surface area contributed by atoms with Gasteiger partial charge in [-0.05, 0) is 35.4 Å². The summed E-state index contributed by atoms with van der Waals surface area (Å²) in [4.78, 5) is 11.5. The third-order valence-electron chi connectivity index (χ3n) is 4.26. The van der Waals surface area contributed by atoms with Crippen molar-refractivity contribution in [2.24, 2.45) is 0 Å². The smallest absolute Gasteiger partial charge is 0.240 e. The van der Waals surface area contributed by atoms with E-state index in [1.54, 1.807) is 43.5 Å². The number of benzene rings is 2. The molecule has 0 unspecified atom stereocenters. The molecule has 1 amide bonds. The number of methoxy groups -OCH3 is 1. The molecule has 0 spiro atoms. The van der Waals surface area contributed by atoms with E-state index in [0.717, 1.165) is 16.9 Å². The summed E-state index contributed by atoms with van der Waals surface area (Å²) in [5, 5.41) is 2.78. The van der Waals surface area contributed by atoms with Crippen molar-refractivity contribution in [2.75, 3.05) is 13.7 Å². The first kappa shape index (κ1) is 17.4. The molecule has 0 aromatic heterocycles. The maximum atomic E-state index is 12.4. The van der Waals surface area contributed by atoms with Crippen molar-refractivity contribution in [3.63, 3.8) is 0 Å². The molecule has 132 valence electrons. The average Bonchev–Trinajstić information content (AvgIpc) is 3.07. The van der Waals surface area contributed by atoms with Crippen LogP contribution in [0.15, 0.2) is 53.4 Å². The van der Waals surface area contributed by atoms with Gasteiger partial charge in [0.15, 0.2) is 0 Å². The third-order valence-corrected chi connectivity index (χ3v) is 5.68. The Labute approximate surface area is 147 Å². The van der Waals surface area contributed by atoms with E-state index < -0.39 is 10.0 Å². The van der Waals surface area contributed by atoms with Crippen LogP contribution in [0.3, 0.4) is 0 Å². The second kappa shape index (κ2) is 7.25. The van der Waals surface area contributed by atoms with Gasteiger partial charge in [0.1, 0.15) is 5.75 Å². The van der Waals surface area contributed by atoms with E-state index in [0.29, 0.717) is 13.0 Å². The lowest BCUT2D eigenvalue weighted by Gasteiger charge is -2.10. The summed E-state index contributed by atoms with van der Waals surface area (Å²) >= 11 is 0. The lowest BCUT2D eigenvalue weighted by atomic mass is 9.99. The van der Waals surface area contributed by atoms with Gasteiger partial charge in [-0.25, -0.2) is 13.1 Å². The molecule has 0 radical (unpaired) electrons. The Morgan fingerprint density at radius 1 is 1.12 bits per heavy atom. The number of hydrogen-bond acceptors (Lipinski definition) is 4. The summed E-state index contributed by atoms with van der Waals surface area (Å²) in [6, 6.07) is 13.9. The normalized spacial score (nSPS) is 17.3. The minimum atomic E-state index is -3.59. The highest BCUT2D eigenvalue weighted by Crippen LogP contribution is 2.24. The van der Waals surface area contributed by atoms with Crippen molar-refractivity contribution < 1.29 is 17.9 Å². The largest absolute Gasteiger partial charge is 0.497 e. The standard InChI is InChI=1S/C18H20N2O4S/c1-24-16-6-2-13(3-7-16)11-20-25(22,23)17-8-4-14(5-9-17)15-10-18(21)19-12-15/h2-9,15,20H,10-12H2,1H3,(H,19,21)/t15-/m0/s1. The Morgan fingerprint density at radius 2 is 1.80 bits per heavy atom. The topological polar surface area (TPSA) is 84.5 Å². The molecular formula is C18H20N2O4S. The number of ether oxygens (including phenoxy) is 1. The molecule has 2 aromatic rings. The molecule has 0 aliphatic carbocycles. The van der Waals surface area contributed by atoms with Crippen LogP contribution in [0.1, 0.15) is 23.5 Å². The summed E-state index contributed by atoms with van der Waals surface area (Å²) in [6.45, 7) is 0.801. The number of nitrogens with one attached hydrogen (secondary N) is 2. The van der Waals surface area contributed by atoms with Gasteiger partial charge in [0.2, 0.25) is 15.9 Å². The fourth-order valence-electron chi connectivity index (χ4n) is 2.77. The lowest BCUT2D eigenvalue weighted by molar-refractivity contribution is -0.119. The number of hydrogen-bond donors (Lipinski definition) is 2. The molecule has 2 aromatic carbocycles. The van der Waals surface area contributed by atoms with Crippen LogP contribution in [0.2, 0.25) is 0 Å². The van der Waals surface area contributed by atoms with E-state index in [2.05, 4.69) is 10.0 Å². The monoisotopic (exact) mass is 360 g/mol. The van der Waals surface area contributed by atoms with E-state index >= 15 is 0 Å². The number of carbonyl (C=O) groups is 1. The van der Waals surface area contributed by atoms with Gasteiger partial charge >= 0.3 is 0 Å². The Morgan fingerprint density at radius 3 is 2.36 bits per heavy atom. The number of carbonyl (C=O) groups excluding carboxylic acids is 1. The number of amides is 1. The SMILES string of the molecule is COc1ccc(CNS(=O)(=O)c2ccc([C@@H]3CNC(=O)C3)cc2)cc1. The molecule has 1 heterocycles. The van der Waals surface area contributed by atoms with Crippen molar-refractivity contribution in [1.82, 2.24) is 10.0 Å². The first-order valence-electron chi connectivity index (χ1n) is 7.97. The van der Waals surface area contributed by atoms with Crippen LogP contribution in [0.25, 0.3) is 0 Å². The van der Waals surface area contributed by atoms with Gasteiger partial charge in [0, 0.05) is 25.4 Å². The highest BCUT2D eigenvalue weighted by atomic mass is 32.2. The van der Waals surface area contributed by atoms with Crippen molar-refractivity contribution in [1.29, 1.82) is 0 Å². The summed E-state index contributed by atoms with van der Waals surface area (Å²) in [7, 11) is -2.01. The predicted octanol–water partition coefficient (Wildman–Crippen LogP) is 1.78. The predicted molar refractivity (Wildman–Crippen MR) is 93.8 cm³/mol. The Kier molecular flexibility index (Phi) is 5.06. The van der Waals surface area contributed by atoms with Gasteiger partial charge in [0.05, 0.1) is 12.0 Å². The van der Waals surface area contributed by atoms with Crippen molar-refractivity contribution in [3.8, 4) is 5.75 Å². The fourth-order valence-corrected chi connectivity index (χ4v) is 3.78. The maximum Gasteiger partial charge on any atom is 0.240 e. The van der Waals surface area contributed by atoms with Crippen LogP contribution in [0, 0.1) is 0 Å². The molecule has 3 rings (SSSR count). The van der Waals surface area contributed by atoms with Gasteiger partial charge in [0.25, 0.3) is 0 Å². The molecule has 6 nitrogen and oxygen atoms in total. The third kappa shape index (κ3) is 4.18. The fraction of sp³-hybridized carbons (Fsp3) is 0.278. The van der Waals surface area contributed by atoms with E-state index in [1.165, 1.54) is 0 Å². The van der Waals surface area contributed by atoms with Crippen LogP contribution >= 0.6 is 0 Å². The highest BCUT2D eigenvalue weighted by molar-refractivity contribution is 7.89. The van der Waals surface area contributed by atoms with Crippen molar-refractivity contribution in [2.45, 2.75) is 23.8 Å². The van der Waals surface area contributed by atoms with Crippen molar-refractivity contribution in [3.05, 3.63) is 59.7 Å². The molecule has 1 fully saturated rings. The summed E-state index contributed by atoms with van der Waals surface area (Å²) in [5.74, 6) is 0.862. The minimum Gasteiger partial charge on any atom is -0.497 e. The van der Waals surface area contributed by atoms with Crippen LogP contribution in [-0.4, -0.2) is 28.0 Å². The summed E-state index contributed by atoms with van der Waals surface area (Å²) in [5.41, 5.74) is 1.81. The first-order chi connectivity index (χ1) is 12.0. The highest BCUT2D eigenvalue weighted by Gasteiger charge is 2.23. The Bertz CT molecular complexity index is 846. The Balaban J connectivity index is 1.65. The molecule has 7 heteroatoms. The molecule has 1 atom stereocenters. The van der Waals surface area contributed by atoms with E-state index in [4.69, 9.17) is 4.74 Å².